The molecule has 0 aromatic rings. The fraction of sp³-hybridized carbons (Fsp3) is 1.00. The Morgan fingerprint density at radius 2 is 2.00 bits per heavy atom. The number of hydrogen-bond donors (Lipinski definition) is 0. The minimum Gasteiger partial charge on any atom is -0.368 e. The molecule has 1 heterocycles. The van der Waals surface area contributed by atoms with Crippen LogP contribution in [0.3, 0.4) is 0 Å². The van der Waals surface area contributed by atoms with Crippen LogP contribution in [0.15, 0.2) is 0 Å². The van der Waals surface area contributed by atoms with E-state index in [9.17, 15) is 0 Å². The molecule has 0 bridgehead atoms. The lowest BCUT2D eigenvalue weighted by atomic mass is 9.98. The van der Waals surface area contributed by atoms with Crippen molar-refractivity contribution in [3.63, 3.8) is 0 Å². The van der Waals surface area contributed by atoms with E-state index in [-0.39, 0.29) is 10.5 Å². The quantitative estimate of drug-likeness (QED) is 0.394. The monoisotopic (exact) mass is 134 g/mol. The fourth-order valence-electron chi connectivity index (χ4n) is 0.451. The minimum atomic E-state index is -0.201. The van der Waals surface area contributed by atoms with E-state index in [2.05, 4.69) is 0 Å². The molecule has 0 aromatic carbocycles. The number of alkyl halides is 1. The van der Waals surface area contributed by atoms with Gasteiger partial charge in [-0.3, -0.25) is 0 Å². The lowest BCUT2D eigenvalue weighted by molar-refractivity contribution is 0.276. The van der Waals surface area contributed by atoms with E-state index in [0.717, 1.165) is 6.61 Å². The molecule has 0 N–H and O–H groups in total. The highest BCUT2D eigenvalue weighted by Crippen LogP contribution is 2.41. The van der Waals surface area contributed by atoms with Crippen molar-refractivity contribution in [3.05, 3.63) is 0 Å². The summed E-state index contributed by atoms with van der Waals surface area (Å²) in [5, 5.41) is 0. The van der Waals surface area contributed by atoms with E-state index in [4.69, 9.17) is 16.3 Å². The maximum absolute atomic E-state index is 5.95. The van der Waals surface area contributed by atoms with Crippen LogP contribution in [0.25, 0.3) is 0 Å². The average Bonchev–Trinajstić information content (AvgIpc) is 2.16. The average molecular weight is 135 g/mol. The summed E-state index contributed by atoms with van der Waals surface area (Å²) < 4.78 is 5.13. The smallest absolute Gasteiger partial charge is 0.107 e. The second kappa shape index (κ2) is 1.39. The standard InChI is InChI=1S/C6H11ClO/c1-5(2,7)6(3)4-8-6/h4H2,1-3H3. The summed E-state index contributed by atoms with van der Waals surface area (Å²) >= 11 is 5.95. The van der Waals surface area contributed by atoms with Gasteiger partial charge in [0.15, 0.2) is 0 Å². The first-order chi connectivity index (χ1) is 3.46. The van der Waals surface area contributed by atoms with E-state index in [0.29, 0.717) is 0 Å². The fourth-order valence-corrected chi connectivity index (χ4v) is 0.561. The summed E-state index contributed by atoms with van der Waals surface area (Å²) in [7, 11) is 0. The van der Waals surface area contributed by atoms with Crippen LogP contribution in [-0.4, -0.2) is 17.1 Å². The molecule has 48 valence electrons. The second-order valence-corrected chi connectivity index (χ2v) is 3.94. The number of rotatable bonds is 1. The Balaban J connectivity index is 2.58. The van der Waals surface area contributed by atoms with E-state index < -0.39 is 0 Å². The lowest BCUT2D eigenvalue weighted by Gasteiger charge is -2.19. The van der Waals surface area contributed by atoms with Crippen LogP contribution in [0.2, 0.25) is 0 Å². The molecular formula is C6H11ClO. The number of epoxide rings is 1. The van der Waals surface area contributed by atoms with Gasteiger partial charge in [-0.25, -0.2) is 0 Å². The second-order valence-electron chi connectivity index (χ2n) is 2.99. The normalized spacial score (nSPS) is 37.5. The Morgan fingerprint density at radius 1 is 1.62 bits per heavy atom. The van der Waals surface area contributed by atoms with Gasteiger partial charge in [-0.05, 0) is 20.8 Å². The summed E-state index contributed by atoms with van der Waals surface area (Å²) in [4.78, 5) is -0.201. The van der Waals surface area contributed by atoms with E-state index in [1.807, 2.05) is 20.8 Å². The Hall–Kier alpha value is 0.250. The summed E-state index contributed by atoms with van der Waals surface area (Å²) in [6.45, 7) is 6.78. The van der Waals surface area contributed by atoms with Crippen molar-refractivity contribution in [2.75, 3.05) is 6.61 Å². The highest BCUT2D eigenvalue weighted by Gasteiger charge is 2.51. The van der Waals surface area contributed by atoms with Crippen molar-refractivity contribution < 1.29 is 4.74 Å². The molecule has 0 spiro atoms. The molecule has 0 aromatic heterocycles. The molecule has 1 unspecified atom stereocenters. The summed E-state index contributed by atoms with van der Waals surface area (Å²) in [6, 6.07) is 0. The SMILES string of the molecule is CC(C)(Cl)C1(C)CO1. The molecule has 8 heavy (non-hydrogen) atoms. The molecule has 1 atom stereocenters. The Labute approximate surface area is 55.0 Å². The topological polar surface area (TPSA) is 12.5 Å². The third-order valence-electron chi connectivity index (χ3n) is 1.83. The lowest BCUT2D eigenvalue weighted by Crippen LogP contribution is -2.30. The molecule has 1 fully saturated rings. The first-order valence-corrected chi connectivity index (χ1v) is 3.16. The van der Waals surface area contributed by atoms with Crippen LogP contribution in [-0.2, 0) is 4.74 Å². The van der Waals surface area contributed by atoms with Crippen LogP contribution in [0.1, 0.15) is 20.8 Å². The number of hydrogen-bond acceptors (Lipinski definition) is 1. The molecule has 1 nitrogen and oxygen atoms in total. The van der Waals surface area contributed by atoms with Crippen molar-refractivity contribution in [3.8, 4) is 0 Å². The van der Waals surface area contributed by atoms with Crippen molar-refractivity contribution in [2.45, 2.75) is 31.2 Å². The maximum atomic E-state index is 5.95. The van der Waals surface area contributed by atoms with Gasteiger partial charge in [-0.1, -0.05) is 0 Å². The van der Waals surface area contributed by atoms with Gasteiger partial charge in [-0.15, -0.1) is 11.6 Å². The predicted molar refractivity (Wildman–Crippen MR) is 34.3 cm³/mol. The van der Waals surface area contributed by atoms with Gasteiger partial charge in [0.05, 0.1) is 11.5 Å². The molecule has 0 aliphatic carbocycles. The van der Waals surface area contributed by atoms with Crippen LogP contribution in [0, 0.1) is 0 Å². The number of ether oxygens (including phenoxy) is 1. The maximum Gasteiger partial charge on any atom is 0.107 e. The summed E-state index contributed by atoms with van der Waals surface area (Å²) in [5.74, 6) is 0. The van der Waals surface area contributed by atoms with Crippen molar-refractivity contribution >= 4 is 11.6 Å². The zero-order valence-electron chi connectivity index (χ0n) is 5.49. The van der Waals surface area contributed by atoms with Crippen LogP contribution in [0.5, 0.6) is 0 Å². The summed E-state index contributed by atoms with van der Waals surface area (Å²) in [5.41, 5.74) is -0.0471. The van der Waals surface area contributed by atoms with Crippen LogP contribution < -0.4 is 0 Å². The molecule has 2 heteroatoms. The zero-order valence-corrected chi connectivity index (χ0v) is 6.25. The van der Waals surface area contributed by atoms with E-state index >= 15 is 0 Å². The molecule has 1 aliphatic rings. The highest BCUT2D eigenvalue weighted by atomic mass is 35.5. The molecule has 1 rings (SSSR count). The number of halogens is 1. The van der Waals surface area contributed by atoms with Crippen molar-refractivity contribution in [2.24, 2.45) is 0 Å². The van der Waals surface area contributed by atoms with Crippen molar-refractivity contribution in [1.82, 2.24) is 0 Å². The summed E-state index contributed by atoms with van der Waals surface area (Å²) in [6.07, 6.45) is 0. The van der Waals surface area contributed by atoms with Crippen molar-refractivity contribution in [1.29, 1.82) is 0 Å². The molecule has 0 radical (unpaired) electrons. The zero-order chi connectivity index (χ0) is 6.41. The predicted octanol–water partition coefficient (Wildman–Crippen LogP) is 1.79. The van der Waals surface area contributed by atoms with Gasteiger partial charge in [0.25, 0.3) is 0 Å². The Bertz CT molecular complexity index is 96.3. The Morgan fingerprint density at radius 3 is 2.00 bits per heavy atom. The molecule has 1 saturated heterocycles. The van der Waals surface area contributed by atoms with Gasteiger partial charge < -0.3 is 4.74 Å². The first kappa shape index (κ1) is 6.37. The Kier molecular flexibility index (Phi) is 1.11. The third kappa shape index (κ3) is 0.848. The van der Waals surface area contributed by atoms with Crippen LogP contribution in [0.4, 0.5) is 0 Å². The minimum absolute atomic E-state index is 0.0471. The largest absolute Gasteiger partial charge is 0.368 e. The highest BCUT2D eigenvalue weighted by molar-refractivity contribution is 6.24. The molecule has 1 aliphatic heterocycles. The van der Waals surface area contributed by atoms with Gasteiger partial charge in [0.2, 0.25) is 0 Å². The van der Waals surface area contributed by atoms with E-state index in [1.54, 1.807) is 0 Å². The van der Waals surface area contributed by atoms with E-state index in [1.165, 1.54) is 0 Å². The molecule has 0 saturated carbocycles. The van der Waals surface area contributed by atoms with Gasteiger partial charge in [0.1, 0.15) is 5.60 Å². The van der Waals surface area contributed by atoms with Crippen LogP contribution >= 0.6 is 11.6 Å². The first-order valence-electron chi connectivity index (χ1n) is 2.79. The van der Waals surface area contributed by atoms with Gasteiger partial charge >= 0.3 is 0 Å². The van der Waals surface area contributed by atoms with Gasteiger partial charge in [-0.2, -0.15) is 0 Å². The van der Waals surface area contributed by atoms with Gasteiger partial charge in [0, 0.05) is 0 Å². The molecule has 0 amide bonds. The third-order valence-corrected chi connectivity index (χ3v) is 2.23. The molecular weight excluding hydrogens is 124 g/mol.